The van der Waals surface area contributed by atoms with E-state index < -0.39 is 0 Å². The number of carbonyl (C=O) groups is 1. The van der Waals surface area contributed by atoms with Crippen LogP contribution in [0.5, 0.6) is 11.5 Å². The van der Waals surface area contributed by atoms with Crippen LogP contribution in [0.4, 0.5) is 0 Å². The summed E-state index contributed by atoms with van der Waals surface area (Å²) in [5.74, 6) is 2.59. The zero-order valence-corrected chi connectivity index (χ0v) is 14.7. The van der Waals surface area contributed by atoms with Gasteiger partial charge in [-0.15, -0.1) is 10.2 Å². The lowest BCUT2D eigenvalue weighted by molar-refractivity contribution is -0.119. The van der Waals surface area contributed by atoms with Crippen molar-refractivity contribution in [2.75, 3.05) is 7.11 Å². The lowest BCUT2D eigenvalue weighted by Gasteiger charge is -2.19. The number of carbonyl (C=O) groups excluding carboxylic acids is 1. The summed E-state index contributed by atoms with van der Waals surface area (Å²) in [5.41, 5.74) is 0. The van der Waals surface area contributed by atoms with E-state index in [0.717, 1.165) is 41.7 Å². The standard InChI is InChI=1S/C17H21N3O3S/c1-20-16(11-23-13-9-7-12(22-2)8-10-13)18-19-17(20)24-15-6-4-3-5-14(15)21/h7-10,15H,3-6,11H2,1-2H3/t15-/m0/s1. The van der Waals surface area contributed by atoms with Crippen molar-refractivity contribution >= 4 is 17.5 Å². The van der Waals surface area contributed by atoms with Crippen molar-refractivity contribution in [1.29, 1.82) is 0 Å². The lowest BCUT2D eigenvalue weighted by atomic mass is 9.99. The van der Waals surface area contributed by atoms with Gasteiger partial charge in [0.2, 0.25) is 0 Å². The molecule has 0 amide bonds. The van der Waals surface area contributed by atoms with Crippen LogP contribution >= 0.6 is 11.8 Å². The van der Waals surface area contributed by atoms with Crippen LogP contribution in [0.2, 0.25) is 0 Å². The van der Waals surface area contributed by atoms with E-state index in [2.05, 4.69) is 10.2 Å². The van der Waals surface area contributed by atoms with Gasteiger partial charge in [0.15, 0.2) is 11.0 Å². The van der Waals surface area contributed by atoms with Gasteiger partial charge in [-0.1, -0.05) is 18.2 Å². The second-order valence-corrected chi connectivity index (χ2v) is 6.91. The Morgan fingerprint density at radius 2 is 1.96 bits per heavy atom. The molecular weight excluding hydrogens is 326 g/mol. The number of hydrogen-bond acceptors (Lipinski definition) is 6. The largest absolute Gasteiger partial charge is 0.497 e. The third-order valence-electron chi connectivity index (χ3n) is 4.10. The third kappa shape index (κ3) is 3.90. The Morgan fingerprint density at radius 3 is 2.67 bits per heavy atom. The highest BCUT2D eigenvalue weighted by Gasteiger charge is 2.25. The number of methoxy groups -OCH3 is 1. The van der Waals surface area contributed by atoms with Gasteiger partial charge < -0.3 is 14.0 Å². The second-order valence-electron chi connectivity index (χ2n) is 5.74. The molecule has 0 saturated heterocycles. The Bertz CT molecular complexity index is 700. The molecule has 7 heteroatoms. The summed E-state index contributed by atoms with van der Waals surface area (Å²) in [5, 5.41) is 9.17. The molecule has 128 valence electrons. The highest BCUT2D eigenvalue weighted by Crippen LogP contribution is 2.30. The zero-order chi connectivity index (χ0) is 16.9. The van der Waals surface area contributed by atoms with E-state index in [9.17, 15) is 4.79 Å². The quantitative estimate of drug-likeness (QED) is 0.800. The molecule has 0 aliphatic heterocycles. The molecule has 2 aromatic rings. The predicted molar refractivity (Wildman–Crippen MR) is 91.4 cm³/mol. The first-order chi connectivity index (χ1) is 11.7. The highest BCUT2D eigenvalue weighted by molar-refractivity contribution is 8.00. The van der Waals surface area contributed by atoms with E-state index in [1.165, 1.54) is 11.8 Å². The number of nitrogens with zero attached hydrogens (tertiary/aromatic N) is 3. The van der Waals surface area contributed by atoms with Crippen molar-refractivity contribution in [3.05, 3.63) is 30.1 Å². The molecule has 0 spiro atoms. The summed E-state index contributed by atoms with van der Waals surface area (Å²) in [6.07, 6.45) is 3.72. The molecule has 6 nitrogen and oxygen atoms in total. The fourth-order valence-corrected chi connectivity index (χ4v) is 3.74. The maximum absolute atomic E-state index is 12.0. The first-order valence-electron chi connectivity index (χ1n) is 8.02. The van der Waals surface area contributed by atoms with Crippen LogP contribution in [0.25, 0.3) is 0 Å². The van der Waals surface area contributed by atoms with Crippen molar-refractivity contribution in [3.63, 3.8) is 0 Å². The molecule has 3 rings (SSSR count). The van der Waals surface area contributed by atoms with Crippen LogP contribution < -0.4 is 9.47 Å². The van der Waals surface area contributed by atoms with Crippen LogP contribution in [0, 0.1) is 0 Å². The Hall–Kier alpha value is -2.02. The van der Waals surface area contributed by atoms with Crippen LogP contribution in [-0.4, -0.2) is 32.9 Å². The van der Waals surface area contributed by atoms with Gasteiger partial charge in [0.1, 0.15) is 23.9 Å². The van der Waals surface area contributed by atoms with E-state index in [1.54, 1.807) is 7.11 Å². The molecule has 1 aromatic heterocycles. The minimum Gasteiger partial charge on any atom is -0.497 e. The van der Waals surface area contributed by atoms with Crippen LogP contribution in [-0.2, 0) is 18.4 Å². The number of Topliss-reactive ketones (excluding diaryl/α,β-unsaturated/α-hetero) is 1. The van der Waals surface area contributed by atoms with Crippen molar-refractivity contribution in [2.45, 2.75) is 42.7 Å². The van der Waals surface area contributed by atoms with Gasteiger partial charge >= 0.3 is 0 Å². The van der Waals surface area contributed by atoms with Gasteiger partial charge in [0.25, 0.3) is 0 Å². The van der Waals surface area contributed by atoms with Gasteiger partial charge in [-0.2, -0.15) is 0 Å². The molecule has 1 heterocycles. The Balaban J connectivity index is 1.60. The lowest BCUT2D eigenvalue weighted by Crippen LogP contribution is -2.21. The number of rotatable bonds is 6. The number of hydrogen-bond donors (Lipinski definition) is 0. The minimum atomic E-state index is 0.0111. The molecule has 1 aliphatic rings. The maximum atomic E-state index is 12.0. The SMILES string of the molecule is COc1ccc(OCc2nnc(S[C@H]3CCCCC3=O)n2C)cc1. The first-order valence-corrected chi connectivity index (χ1v) is 8.90. The molecule has 0 N–H and O–H groups in total. The van der Waals surface area contributed by atoms with Gasteiger partial charge in [0.05, 0.1) is 12.4 Å². The van der Waals surface area contributed by atoms with Gasteiger partial charge in [-0.3, -0.25) is 4.79 Å². The van der Waals surface area contributed by atoms with E-state index in [4.69, 9.17) is 9.47 Å². The van der Waals surface area contributed by atoms with Crippen molar-refractivity contribution in [1.82, 2.24) is 14.8 Å². The molecular formula is C17H21N3O3S. The number of benzene rings is 1. The Labute approximate surface area is 145 Å². The highest BCUT2D eigenvalue weighted by atomic mass is 32.2. The number of ether oxygens (including phenoxy) is 2. The summed E-state index contributed by atoms with van der Waals surface area (Å²) in [7, 11) is 3.54. The molecule has 24 heavy (non-hydrogen) atoms. The normalized spacial score (nSPS) is 17.8. The van der Waals surface area contributed by atoms with E-state index in [1.807, 2.05) is 35.9 Å². The Kier molecular flexibility index (Phi) is 5.40. The average molecular weight is 347 g/mol. The fraction of sp³-hybridized carbons (Fsp3) is 0.471. The zero-order valence-electron chi connectivity index (χ0n) is 13.9. The van der Waals surface area contributed by atoms with E-state index >= 15 is 0 Å². The van der Waals surface area contributed by atoms with Crippen LogP contribution in [0.3, 0.4) is 0 Å². The van der Waals surface area contributed by atoms with Crippen molar-refractivity contribution < 1.29 is 14.3 Å². The second kappa shape index (κ2) is 7.70. The molecule has 1 aromatic carbocycles. The topological polar surface area (TPSA) is 66.2 Å². The summed E-state index contributed by atoms with van der Waals surface area (Å²) >= 11 is 1.51. The predicted octanol–water partition coefficient (Wildman–Crippen LogP) is 3.01. The summed E-state index contributed by atoms with van der Waals surface area (Å²) in [4.78, 5) is 12.0. The van der Waals surface area contributed by atoms with E-state index in [-0.39, 0.29) is 5.25 Å². The number of thioether (sulfide) groups is 1. The van der Waals surface area contributed by atoms with Crippen LogP contribution in [0.1, 0.15) is 31.5 Å². The smallest absolute Gasteiger partial charge is 0.191 e. The molecule has 1 aliphatic carbocycles. The average Bonchev–Trinajstić information content (AvgIpc) is 2.95. The molecule has 0 radical (unpaired) electrons. The Morgan fingerprint density at radius 1 is 1.21 bits per heavy atom. The first kappa shape index (κ1) is 16.8. The van der Waals surface area contributed by atoms with Crippen LogP contribution in [0.15, 0.2) is 29.4 Å². The van der Waals surface area contributed by atoms with E-state index in [0.29, 0.717) is 18.8 Å². The van der Waals surface area contributed by atoms with Crippen molar-refractivity contribution in [2.24, 2.45) is 7.05 Å². The summed E-state index contributed by atoms with van der Waals surface area (Å²) in [6.45, 7) is 0.328. The fourth-order valence-electron chi connectivity index (χ4n) is 2.60. The van der Waals surface area contributed by atoms with Gasteiger partial charge in [-0.25, -0.2) is 0 Å². The molecule has 0 unspecified atom stereocenters. The molecule has 1 saturated carbocycles. The molecule has 1 atom stereocenters. The third-order valence-corrected chi connectivity index (χ3v) is 5.45. The number of aromatic nitrogens is 3. The monoisotopic (exact) mass is 347 g/mol. The molecule has 1 fully saturated rings. The van der Waals surface area contributed by atoms with Crippen molar-refractivity contribution in [3.8, 4) is 11.5 Å². The summed E-state index contributed by atoms with van der Waals surface area (Å²) in [6, 6.07) is 7.40. The maximum Gasteiger partial charge on any atom is 0.191 e. The minimum absolute atomic E-state index is 0.0111. The summed E-state index contributed by atoms with van der Waals surface area (Å²) < 4.78 is 12.8. The number of ketones is 1. The van der Waals surface area contributed by atoms with Gasteiger partial charge in [0, 0.05) is 13.5 Å². The van der Waals surface area contributed by atoms with Gasteiger partial charge in [-0.05, 0) is 37.1 Å². The molecule has 0 bridgehead atoms.